The van der Waals surface area contributed by atoms with Crippen molar-refractivity contribution >= 4 is 21.6 Å². The van der Waals surface area contributed by atoms with Crippen LogP contribution >= 0.6 is 15.9 Å². The number of rotatable bonds is 3. The monoisotopic (exact) mass is 295 g/mol. The van der Waals surface area contributed by atoms with Crippen LogP contribution in [0, 0.1) is 6.92 Å². The normalized spacial score (nSPS) is 17.1. The fraction of sp³-hybridized carbons (Fsp3) is 0.600. The summed E-state index contributed by atoms with van der Waals surface area (Å²) < 4.78 is 0. The summed E-state index contributed by atoms with van der Waals surface area (Å²) in [6.45, 7) is 2.22. The lowest BCUT2D eigenvalue weighted by molar-refractivity contribution is 0.427. The lowest BCUT2D eigenvalue weighted by atomic mass is 9.93. The van der Waals surface area contributed by atoms with Gasteiger partial charge >= 0.3 is 0 Å². The lowest BCUT2D eigenvalue weighted by Crippen LogP contribution is -2.33. The SMILES string of the molecule is Cc1cc(CBr)ccc1N(C)C1CCCCC1. The first kappa shape index (κ1) is 12.9. The Bertz CT molecular complexity index is 369. The van der Waals surface area contributed by atoms with Crippen LogP contribution in [0.4, 0.5) is 5.69 Å². The zero-order valence-electron chi connectivity index (χ0n) is 10.9. The van der Waals surface area contributed by atoms with Gasteiger partial charge in [-0.25, -0.2) is 0 Å². The van der Waals surface area contributed by atoms with Gasteiger partial charge in [0.2, 0.25) is 0 Å². The maximum atomic E-state index is 3.52. The number of hydrogen-bond donors (Lipinski definition) is 0. The number of aryl methyl sites for hydroxylation is 1. The molecule has 1 aromatic carbocycles. The van der Waals surface area contributed by atoms with E-state index in [-0.39, 0.29) is 0 Å². The van der Waals surface area contributed by atoms with Crippen molar-refractivity contribution < 1.29 is 0 Å². The molecule has 0 radical (unpaired) electrons. The highest BCUT2D eigenvalue weighted by atomic mass is 79.9. The zero-order chi connectivity index (χ0) is 12.3. The van der Waals surface area contributed by atoms with E-state index in [1.165, 1.54) is 48.9 Å². The van der Waals surface area contributed by atoms with E-state index < -0.39 is 0 Å². The summed E-state index contributed by atoms with van der Waals surface area (Å²) in [5.74, 6) is 0. The van der Waals surface area contributed by atoms with Crippen LogP contribution < -0.4 is 4.90 Å². The van der Waals surface area contributed by atoms with E-state index in [0.29, 0.717) is 0 Å². The summed E-state index contributed by atoms with van der Waals surface area (Å²) in [4.78, 5) is 2.49. The van der Waals surface area contributed by atoms with Crippen LogP contribution in [0.5, 0.6) is 0 Å². The van der Waals surface area contributed by atoms with Crippen LogP contribution in [0.25, 0.3) is 0 Å². The van der Waals surface area contributed by atoms with Crippen molar-refractivity contribution in [3.05, 3.63) is 29.3 Å². The lowest BCUT2D eigenvalue weighted by Gasteiger charge is -2.34. The fourth-order valence-corrected chi connectivity index (χ4v) is 3.21. The molecule has 0 heterocycles. The second-order valence-corrected chi connectivity index (χ2v) is 5.72. The summed E-state index contributed by atoms with van der Waals surface area (Å²) in [5, 5.41) is 0.946. The summed E-state index contributed by atoms with van der Waals surface area (Å²) in [7, 11) is 2.26. The molecule has 0 unspecified atom stereocenters. The van der Waals surface area contributed by atoms with Gasteiger partial charge in [-0.2, -0.15) is 0 Å². The fourth-order valence-electron chi connectivity index (χ4n) is 2.86. The van der Waals surface area contributed by atoms with Crippen molar-refractivity contribution in [1.29, 1.82) is 0 Å². The standard InChI is InChI=1S/C15H22BrN/c1-12-10-13(11-16)8-9-15(12)17(2)14-6-4-3-5-7-14/h8-10,14H,3-7,11H2,1-2H3. The van der Waals surface area contributed by atoms with Gasteiger partial charge in [0, 0.05) is 24.1 Å². The van der Waals surface area contributed by atoms with Crippen molar-refractivity contribution in [3.8, 4) is 0 Å². The number of nitrogens with zero attached hydrogens (tertiary/aromatic N) is 1. The molecule has 0 saturated heterocycles. The Balaban J connectivity index is 2.15. The first-order valence-corrected chi connectivity index (χ1v) is 7.73. The highest BCUT2D eigenvalue weighted by Gasteiger charge is 2.19. The molecule has 0 spiro atoms. The first-order chi connectivity index (χ1) is 8.22. The predicted molar refractivity (Wildman–Crippen MR) is 79.1 cm³/mol. The van der Waals surface area contributed by atoms with Crippen LogP contribution in [0.1, 0.15) is 43.2 Å². The maximum absolute atomic E-state index is 3.52. The van der Waals surface area contributed by atoms with Crippen LogP contribution in [-0.2, 0) is 5.33 Å². The number of halogens is 1. The molecular formula is C15H22BrN. The molecule has 17 heavy (non-hydrogen) atoms. The van der Waals surface area contributed by atoms with Crippen molar-refractivity contribution in [2.45, 2.75) is 50.4 Å². The molecule has 0 aliphatic heterocycles. The molecule has 1 nitrogen and oxygen atoms in total. The molecule has 2 rings (SSSR count). The molecular weight excluding hydrogens is 274 g/mol. The van der Waals surface area contributed by atoms with E-state index in [4.69, 9.17) is 0 Å². The Morgan fingerprint density at radius 1 is 1.24 bits per heavy atom. The van der Waals surface area contributed by atoms with E-state index in [1.807, 2.05) is 0 Å². The van der Waals surface area contributed by atoms with E-state index in [0.717, 1.165) is 11.4 Å². The van der Waals surface area contributed by atoms with E-state index in [1.54, 1.807) is 0 Å². The van der Waals surface area contributed by atoms with Crippen LogP contribution in [-0.4, -0.2) is 13.1 Å². The third-order valence-corrected chi connectivity index (χ3v) is 4.57. The van der Waals surface area contributed by atoms with Gasteiger partial charge in [0.25, 0.3) is 0 Å². The molecule has 1 aliphatic carbocycles. The molecule has 1 aromatic rings. The smallest absolute Gasteiger partial charge is 0.0396 e. The highest BCUT2D eigenvalue weighted by molar-refractivity contribution is 9.08. The molecule has 0 aromatic heterocycles. The van der Waals surface area contributed by atoms with Gasteiger partial charge in [-0.15, -0.1) is 0 Å². The maximum Gasteiger partial charge on any atom is 0.0396 e. The molecule has 0 bridgehead atoms. The second kappa shape index (κ2) is 5.90. The Labute approximate surface area is 113 Å². The number of alkyl halides is 1. The number of anilines is 1. The van der Waals surface area contributed by atoms with Gasteiger partial charge in [0.1, 0.15) is 0 Å². The van der Waals surface area contributed by atoms with Gasteiger partial charge < -0.3 is 4.90 Å². The average molecular weight is 296 g/mol. The molecule has 0 atom stereocenters. The molecule has 1 aliphatic rings. The third-order valence-electron chi connectivity index (χ3n) is 3.92. The second-order valence-electron chi connectivity index (χ2n) is 5.16. The van der Waals surface area contributed by atoms with Crippen LogP contribution in [0.3, 0.4) is 0 Å². The summed E-state index contributed by atoms with van der Waals surface area (Å²) >= 11 is 3.52. The van der Waals surface area contributed by atoms with Gasteiger partial charge in [0.05, 0.1) is 0 Å². The Hall–Kier alpha value is -0.500. The van der Waals surface area contributed by atoms with Gasteiger partial charge in [0.15, 0.2) is 0 Å². The average Bonchev–Trinajstić information content (AvgIpc) is 2.39. The third kappa shape index (κ3) is 3.04. The minimum atomic E-state index is 0.747. The van der Waals surface area contributed by atoms with E-state index in [2.05, 4.69) is 53.0 Å². The van der Waals surface area contributed by atoms with Gasteiger partial charge in [-0.3, -0.25) is 0 Å². The molecule has 1 fully saturated rings. The van der Waals surface area contributed by atoms with Crippen molar-refractivity contribution in [3.63, 3.8) is 0 Å². The van der Waals surface area contributed by atoms with E-state index in [9.17, 15) is 0 Å². The quantitative estimate of drug-likeness (QED) is 0.733. The van der Waals surface area contributed by atoms with Crippen molar-refractivity contribution in [2.24, 2.45) is 0 Å². The summed E-state index contributed by atoms with van der Waals surface area (Å²) in [6.07, 6.45) is 6.93. The molecule has 1 saturated carbocycles. The largest absolute Gasteiger partial charge is 0.371 e. The molecule has 2 heteroatoms. The zero-order valence-corrected chi connectivity index (χ0v) is 12.5. The topological polar surface area (TPSA) is 3.24 Å². The van der Waals surface area contributed by atoms with Crippen molar-refractivity contribution in [1.82, 2.24) is 0 Å². The minimum Gasteiger partial charge on any atom is -0.371 e. The number of benzene rings is 1. The Kier molecular flexibility index (Phi) is 4.49. The van der Waals surface area contributed by atoms with Gasteiger partial charge in [-0.1, -0.05) is 47.3 Å². The number of hydrogen-bond acceptors (Lipinski definition) is 1. The minimum absolute atomic E-state index is 0.747. The summed E-state index contributed by atoms with van der Waals surface area (Å²) in [5.41, 5.74) is 4.17. The highest BCUT2D eigenvalue weighted by Crippen LogP contribution is 2.28. The van der Waals surface area contributed by atoms with Gasteiger partial charge in [-0.05, 0) is 37.0 Å². The van der Waals surface area contributed by atoms with Crippen molar-refractivity contribution in [2.75, 3.05) is 11.9 Å². The first-order valence-electron chi connectivity index (χ1n) is 6.60. The predicted octanol–water partition coefficient (Wildman–Crippen LogP) is 4.66. The van der Waals surface area contributed by atoms with Crippen LogP contribution in [0.2, 0.25) is 0 Å². The Morgan fingerprint density at radius 2 is 1.94 bits per heavy atom. The van der Waals surface area contributed by atoms with E-state index >= 15 is 0 Å². The molecule has 94 valence electrons. The Morgan fingerprint density at radius 3 is 2.53 bits per heavy atom. The van der Waals surface area contributed by atoms with Crippen LogP contribution in [0.15, 0.2) is 18.2 Å². The summed E-state index contributed by atoms with van der Waals surface area (Å²) in [6, 6.07) is 7.55. The molecule has 0 N–H and O–H groups in total. The molecule has 0 amide bonds.